The first kappa shape index (κ1) is 13.8. The number of halogens is 1. The molecule has 4 heteroatoms. The Labute approximate surface area is 114 Å². The van der Waals surface area contributed by atoms with E-state index in [0.717, 1.165) is 31.9 Å². The molecule has 1 aromatic rings. The van der Waals surface area contributed by atoms with Gasteiger partial charge in [-0.05, 0) is 56.6 Å². The van der Waals surface area contributed by atoms with Crippen molar-refractivity contribution in [3.63, 3.8) is 0 Å². The summed E-state index contributed by atoms with van der Waals surface area (Å²) >= 11 is 0. The molecule has 0 unspecified atom stereocenters. The fraction of sp³-hybridized carbons (Fsp3) is 0.533. The molecule has 102 valence electrons. The van der Waals surface area contributed by atoms with Crippen molar-refractivity contribution in [3.8, 4) is 6.07 Å². The van der Waals surface area contributed by atoms with Gasteiger partial charge in [-0.15, -0.1) is 0 Å². The van der Waals surface area contributed by atoms with E-state index in [2.05, 4.69) is 17.1 Å². The molecule has 0 aromatic heterocycles. The van der Waals surface area contributed by atoms with E-state index in [1.807, 2.05) is 6.07 Å². The highest BCUT2D eigenvalue weighted by Gasteiger charge is 2.18. The Kier molecular flexibility index (Phi) is 4.75. The van der Waals surface area contributed by atoms with Crippen LogP contribution in [-0.4, -0.2) is 31.1 Å². The lowest BCUT2D eigenvalue weighted by Gasteiger charge is -2.31. The molecule has 0 spiro atoms. The van der Waals surface area contributed by atoms with E-state index in [1.165, 1.54) is 25.0 Å². The standard InChI is InChI=1S/C15H20FN3/c1-2-19-7-5-12(6-8-19)11-18-15-4-3-14(16)9-13(15)10-17/h3-4,9,12,18H,2,5-8,11H2,1H3. The van der Waals surface area contributed by atoms with E-state index >= 15 is 0 Å². The molecule has 19 heavy (non-hydrogen) atoms. The van der Waals surface area contributed by atoms with Crippen LogP contribution in [0.4, 0.5) is 10.1 Å². The second kappa shape index (κ2) is 6.53. The molecule has 1 fully saturated rings. The van der Waals surface area contributed by atoms with E-state index in [4.69, 9.17) is 5.26 Å². The monoisotopic (exact) mass is 261 g/mol. The maximum Gasteiger partial charge on any atom is 0.124 e. The highest BCUT2D eigenvalue weighted by atomic mass is 19.1. The molecule has 1 saturated heterocycles. The Morgan fingerprint density at radius 2 is 2.16 bits per heavy atom. The van der Waals surface area contributed by atoms with Crippen LogP contribution < -0.4 is 5.32 Å². The summed E-state index contributed by atoms with van der Waals surface area (Å²) in [7, 11) is 0. The SMILES string of the molecule is CCN1CCC(CNc2ccc(F)cc2C#N)CC1. The van der Waals surface area contributed by atoms with Crippen molar-refractivity contribution in [1.82, 2.24) is 4.90 Å². The van der Waals surface area contributed by atoms with Crippen molar-refractivity contribution < 1.29 is 4.39 Å². The molecule has 0 aliphatic carbocycles. The summed E-state index contributed by atoms with van der Waals surface area (Å²) in [4.78, 5) is 2.45. The average Bonchev–Trinajstić information content (AvgIpc) is 2.46. The number of likely N-dealkylation sites (tertiary alicyclic amines) is 1. The normalized spacial score (nSPS) is 17.1. The van der Waals surface area contributed by atoms with E-state index in [-0.39, 0.29) is 5.82 Å². The van der Waals surface area contributed by atoms with Crippen LogP contribution in [-0.2, 0) is 0 Å². The third-order valence-electron chi connectivity index (χ3n) is 3.84. The molecule has 0 amide bonds. The smallest absolute Gasteiger partial charge is 0.124 e. The molecule has 0 atom stereocenters. The first-order chi connectivity index (χ1) is 9.22. The number of nitrogens with one attached hydrogen (secondary N) is 1. The number of benzene rings is 1. The van der Waals surface area contributed by atoms with E-state index in [0.29, 0.717) is 11.5 Å². The van der Waals surface area contributed by atoms with Gasteiger partial charge in [0.15, 0.2) is 0 Å². The van der Waals surface area contributed by atoms with Gasteiger partial charge in [-0.1, -0.05) is 6.92 Å². The van der Waals surface area contributed by atoms with Crippen molar-refractivity contribution in [2.45, 2.75) is 19.8 Å². The number of nitrogens with zero attached hydrogens (tertiary/aromatic N) is 2. The van der Waals surface area contributed by atoms with Crippen LogP contribution in [0.25, 0.3) is 0 Å². The maximum absolute atomic E-state index is 13.0. The van der Waals surface area contributed by atoms with E-state index < -0.39 is 0 Å². The molecular weight excluding hydrogens is 241 g/mol. The van der Waals surface area contributed by atoms with Gasteiger partial charge in [-0.2, -0.15) is 5.26 Å². The molecule has 1 aliphatic rings. The Bertz CT molecular complexity index is 459. The van der Waals surface area contributed by atoms with Crippen molar-refractivity contribution in [3.05, 3.63) is 29.6 Å². The van der Waals surface area contributed by atoms with Crippen LogP contribution >= 0.6 is 0 Å². The van der Waals surface area contributed by atoms with Crippen LogP contribution in [0.2, 0.25) is 0 Å². The highest BCUT2D eigenvalue weighted by Crippen LogP contribution is 2.20. The van der Waals surface area contributed by atoms with Gasteiger partial charge in [-0.3, -0.25) is 0 Å². The number of anilines is 1. The number of piperidine rings is 1. The first-order valence-electron chi connectivity index (χ1n) is 6.88. The number of hydrogen-bond donors (Lipinski definition) is 1. The van der Waals surface area contributed by atoms with Crippen molar-refractivity contribution in [2.24, 2.45) is 5.92 Å². The fourth-order valence-electron chi connectivity index (χ4n) is 2.52. The lowest BCUT2D eigenvalue weighted by Crippen LogP contribution is -2.35. The zero-order valence-electron chi connectivity index (χ0n) is 11.3. The van der Waals surface area contributed by atoms with Crippen molar-refractivity contribution >= 4 is 5.69 Å². The Balaban J connectivity index is 1.88. The van der Waals surface area contributed by atoms with Crippen LogP contribution in [0, 0.1) is 23.1 Å². The van der Waals surface area contributed by atoms with Gasteiger partial charge >= 0.3 is 0 Å². The minimum absolute atomic E-state index is 0.363. The third kappa shape index (κ3) is 3.68. The predicted molar refractivity (Wildman–Crippen MR) is 74.4 cm³/mol. The summed E-state index contributed by atoms with van der Waals surface area (Å²) < 4.78 is 13.0. The van der Waals surface area contributed by atoms with Crippen LogP contribution in [0.1, 0.15) is 25.3 Å². The number of rotatable bonds is 4. The van der Waals surface area contributed by atoms with Gasteiger partial charge < -0.3 is 10.2 Å². The van der Waals surface area contributed by atoms with Crippen LogP contribution in [0.15, 0.2) is 18.2 Å². The van der Waals surface area contributed by atoms with Gasteiger partial charge in [-0.25, -0.2) is 4.39 Å². The summed E-state index contributed by atoms with van der Waals surface area (Å²) in [6, 6.07) is 6.35. The van der Waals surface area contributed by atoms with Crippen LogP contribution in [0.3, 0.4) is 0 Å². The number of hydrogen-bond acceptors (Lipinski definition) is 3. The lowest BCUT2D eigenvalue weighted by molar-refractivity contribution is 0.198. The summed E-state index contributed by atoms with van der Waals surface area (Å²) in [5.41, 5.74) is 1.12. The van der Waals surface area contributed by atoms with Gasteiger partial charge in [0.2, 0.25) is 0 Å². The maximum atomic E-state index is 13.0. The molecule has 1 aliphatic heterocycles. The molecule has 1 N–H and O–H groups in total. The molecule has 0 bridgehead atoms. The van der Waals surface area contributed by atoms with E-state index in [1.54, 1.807) is 6.07 Å². The second-order valence-corrected chi connectivity index (χ2v) is 5.06. The third-order valence-corrected chi connectivity index (χ3v) is 3.84. The van der Waals surface area contributed by atoms with Gasteiger partial charge in [0.25, 0.3) is 0 Å². The molecule has 0 saturated carbocycles. The Morgan fingerprint density at radius 1 is 1.42 bits per heavy atom. The summed E-state index contributed by atoms with van der Waals surface area (Å²) in [6.45, 7) is 6.47. The van der Waals surface area contributed by atoms with Crippen molar-refractivity contribution in [2.75, 3.05) is 31.5 Å². The van der Waals surface area contributed by atoms with Crippen LogP contribution in [0.5, 0.6) is 0 Å². The fourth-order valence-corrected chi connectivity index (χ4v) is 2.52. The van der Waals surface area contributed by atoms with Gasteiger partial charge in [0.05, 0.1) is 11.3 Å². The largest absolute Gasteiger partial charge is 0.384 e. The zero-order valence-corrected chi connectivity index (χ0v) is 11.3. The van der Waals surface area contributed by atoms with Gasteiger partial charge in [0.1, 0.15) is 11.9 Å². The predicted octanol–water partition coefficient (Wildman–Crippen LogP) is 2.84. The summed E-state index contributed by atoms with van der Waals surface area (Å²) in [6.07, 6.45) is 2.37. The van der Waals surface area contributed by atoms with E-state index in [9.17, 15) is 4.39 Å². The van der Waals surface area contributed by atoms with Gasteiger partial charge in [0, 0.05) is 6.54 Å². The average molecular weight is 261 g/mol. The quantitative estimate of drug-likeness (QED) is 0.906. The molecule has 0 radical (unpaired) electrons. The topological polar surface area (TPSA) is 39.1 Å². The molecular formula is C15H20FN3. The summed E-state index contributed by atoms with van der Waals surface area (Å²) in [5, 5.41) is 12.3. The number of nitriles is 1. The highest BCUT2D eigenvalue weighted by molar-refractivity contribution is 5.57. The second-order valence-electron chi connectivity index (χ2n) is 5.06. The molecule has 3 nitrogen and oxygen atoms in total. The minimum Gasteiger partial charge on any atom is -0.384 e. The summed E-state index contributed by atoms with van der Waals surface area (Å²) in [5.74, 6) is 0.276. The zero-order chi connectivity index (χ0) is 13.7. The molecule has 1 aromatic carbocycles. The first-order valence-corrected chi connectivity index (χ1v) is 6.88. The Morgan fingerprint density at radius 3 is 2.79 bits per heavy atom. The Hall–Kier alpha value is -1.60. The van der Waals surface area contributed by atoms with Crippen molar-refractivity contribution in [1.29, 1.82) is 5.26 Å². The molecule has 1 heterocycles. The molecule has 2 rings (SSSR count). The lowest BCUT2D eigenvalue weighted by atomic mass is 9.96. The minimum atomic E-state index is -0.363.